The van der Waals surface area contributed by atoms with Crippen molar-refractivity contribution < 1.29 is 53.6 Å². The number of rotatable bonds is 10. The molecule has 76 heavy (non-hydrogen) atoms. The molecule has 8 aromatic rings. The first-order valence-electron chi connectivity index (χ1n) is 22.2. The summed E-state index contributed by atoms with van der Waals surface area (Å²) in [6, 6.07) is 22.2. The summed E-state index contributed by atoms with van der Waals surface area (Å²) in [5, 5.41) is 8.10. The number of ether oxygens (including phenoxy) is 4. The van der Waals surface area contributed by atoms with Crippen LogP contribution in [-0.2, 0) is 35.1 Å². The highest BCUT2D eigenvalue weighted by Crippen LogP contribution is 2.33. The lowest BCUT2D eigenvalue weighted by atomic mass is 9.89. The average Bonchev–Trinajstić information content (AvgIpc) is 4.08. The third-order valence-electron chi connectivity index (χ3n) is 11.5. The smallest absolute Gasteiger partial charge is 0.263 e. The van der Waals surface area contributed by atoms with E-state index in [4.69, 9.17) is 23.5 Å². The number of methoxy groups -OCH3 is 2. The molecule has 2 aliphatic rings. The predicted octanol–water partition coefficient (Wildman–Crippen LogP) is 8.34. The molecule has 0 spiro atoms. The molecule has 0 amide bonds. The van der Waals surface area contributed by atoms with Gasteiger partial charge in [0.1, 0.15) is 41.4 Å². The second kappa shape index (κ2) is 24.1. The number of anilines is 1. The van der Waals surface area contributed by atoms with Gasteiger partial charge >= 0.3 is 0 Å². The number of nitrogens with one attached hydrogen (secondary N) is 1. The lowest BCUT2D eigenvalue weighted by molar-refractivity contribution is -0.0648. The number of halogens is 3. The van der Waals surface area contributed by atoms with E-state index in [1.807, 2.05) is 13.8 Å². The zero-order valence-electron chi connectivity index (χ0n) is 41.5. The van der Waals surface area contributed by atoms with Crippen LogP contribution in [0, 0.1) is 46.1 Å². The van der Waals surface area contributed by atoms with E-state index in [9.17, 15) is 30.8 Å². The van der Waals surface area contributed by atoms with Crippen LogP contribution in [0.1, 0.15) is 32.0 Å². The number of sulfonamides is 1. The van der Waals surface area contributed by atoms with E-state index < -0.39 is 42.6 Å². The monoisotopic (exact) mass is 1180 g/mol. The Hall–Kier alpha value is -6.74. The Labute approximate surface area is 450 Å². The van der Waals surface area contributed by atoms with Crippen molar-refractivity contribution in [3.05, 3.63) is 158 Å². The van der Waals surface area contributed by atoms with Crippen LogP contribution >= 0.6 is 35.7 Å². The number of fused-ring (bicyclic) bond motifs is 2. The normalized spacial score (nSPS) is 13.9. The second-order valence-electron chi connectivity index (χ2n) is 17.4. The Morgan fingerprint density at radius 1 is 0.684 bits per heavy atom. The summed E-state index contributed by atoms with van der Waals surface area (Å²) in [6.07, 6.45) is 2.54. The van der Waals surface area contributed by atoms with Gasteiger partial charge < -0.3 is 28.0 Å². The lowest BCUT2D eigenvalue weighted by Gasteiger charge is -2.32. The van der Waals surface area contributed by atoms with Crippen molar-refractivity contribution in [2.45, 2.75) is 36.3 Å². The molecule has 398 valence electrons. The topological polar surface area (TPSA) is 213 Å². The molecule has 0 aliphatic carbocycles. The van der Waals surface area contributed by atoms with E-state index in [2.05, 4.69) is 66.1 Å². The molecule has 24 heteroatoms. The number of hydrogen-bond donors (Lipinski definition) is 1. The minimum absolute atomic E-state index is 0. The molecule has 4 aromatic carbocycles. The van der Waals surface area contributed by atoms with Gasteiger partial charge in [0.2, 0.25) is 0 Å². The van der Waals surface area contributed by atoms with Crippen LogP contribution < -0.4 is 25.3 Å². The second-order valence-corrected chi connectivity index (χ2v) is 21.9. The maximum Gasteiger partial charge on any atom is 0.263 e. The van der Waals surface area contributed by atoms with Crippen LogP contribution in [-0.4, -0.2) is 76.9 Å². The zero-order valence-corrected chi connectivity index (χ0v) is 47.5. The Kier molecular flexibility index (Phi) is 18.5. The molecule has 2 fully saturated rings. The first-order chi connectivity index (χ1) is 35.3. The predicted molar refractivity (Wildman–Crippen MR) is 295 cm³/mol. The van der Waals surface area contributed by atoms with Gasteiger partial charge in [-0.05, 0) is 91.3 Å². The first-order valence-corrected chi connectivity index (χ1v) is 26.1. The van der Waals surface area contributed by atoms with Crippen molar-refractivity contribution in [3.63, 3.8) is 0 Å². The van der Waals surface area contributed by atoms with Crippen molar-refractivity contribution in [3.8, 4) is 46.6 Å². The van der Waals surface area contributed by atoms with Crippen molar-refractivity contribution in [1.82, 2.24) is 19.4 Å². The highest BCUT2D eigenvalue weighted by Gasteiger charge is 2.32. The van der Waals surface area contributed by atoms with Gasteiger partial charge in [-0.15, -0.1) is 5.92 Å². The van der Waals surface area contributed by atoms with E-state index >= 15 is 4.39 Å². The summed E-state index contributed by atoms with van der Waals surface area (Å²) in [6.45, 7) is 8.51. The van der Waals surface area contributed by atoms with Gasteiger partial charge in [-0.2, -0.15) is 19.8 Å². The minimum Gasteiger partial charge on any atom is -0.495 e. The molecule has 4 aromatic heterocycles. The van der Waals surface area contributed by atoms with Gasteiger partial charge in [0.05, 0.1) is 99.4 Å². The van der Waals surface area contributed by atoms with E-state index in [1.165, 1.54) is 133 Å². The number of pyridine rings is 2. The maximum absolute atomic E-state index is 15.1. The fourth-order valence-corrected chi connectivity index (χ4v) is 10.3. The van der Waals surface area contributed by atoms with Crippen LogP contribution in [0.5, 0.6) is 11.5 Å². The fourth-order valence-electron chi connectivity index (χ4n) is 7.67. The SMILES string of the molecule is CC#CC1(C)COC1.COc1cc(Br)c(F)cc1-n1c(=O)ccc2cc(S(=O)(=O)Nc3ccon3)ccc21.COc1cc(C#CC2(C)COC2)c(F)cc1-n1c(=O)ccc2cc(S(=O)(=O)Cc3ccon3)ccc21.P.P. The van der Waals surface area contributed by atoms with Crippen LogP contribution in [0.25, 0.3) is 33.2 Å². The molecule has 2 unspecified atom stereocenters. The maximum atomic E-state index is 15.1. The van der Waals surface area contributed by atoms with Gasteiger partial charge in [-0.3, -0.25) is 23.4 Å². The van der Waals surface area contributed by atoms with Crippen molar-refractivity contribution >= 4 is 83.2 Å². The number of benzene rings is 4. The molecule has 6 heterocycles. The molecule has 2 atom stereocenters. The van der Waals surface area contributed by atoms with E-state index in [0.717, 1.165) is 13.2 Å². The molecule has 10 rings (SSSR count). The quantitative estimate of drug-likeness (QED) is 0.101. The van der Waals surface area contributed by atoms with E-state index in [0.29, 0.717) is 35.0 Å². The minimum atomic E-state index is -3.94. The Morgan fingerprint density at radius 2 is 1.21 bits per heavy atom. The van der Waals surface area contributed by atoms with Gasteiger partial charge in [0.15, 0.2) is 15.7 Å². The van der Waals surface area contributed by atoms with Crippen LogP contribution in [0.3, 0.4) is 0 Å². The van der Waals surface area contributed by atoms with Crippen LogP contribution in [0.2, 0.25) is 0 Å². The summed E-state index contributed by atoms with van der Waals surface area (Å²) < 4.78 is 116. The number of sulfone groups is 1. The molecular weight excluding hydrogens is 1130 g/mol. The largest absolute Gasteiger partial charge is 0.495 e. The molecule has 0 bridgehead atoms. The van der Waals surface area contributed by atoms with Crippen LogP contribution in [0.4, 0.5) is 14.6 Å². The van der Waals surface area contributed by atoms with Gasteiger partial charge in [-0.25, -0.2) is 25.6 Å². The summed E-state index contributed by atoms with van der Waals surface area (Å²) in [5.74, 6) is 10.9. The number of hydrogen-bond acceptors (Lipinski definition) is 14. The summed E-state index contributed by atoms with van der Waals surface area (Å²) in [4.78, 5) is 25.5. The Bertz CT molecular complexity index is 3920. The average molecular weight is 1180 g/mol. The van der Waals surface area contributed by atoms with Crippen molar-refractivity contribution in [2.24, 2.45) is 10.8 Å². The number of aromatic nitrogens is 4. The summed E-state index contributed by atoms with van der Waals surface area (Å²) in [5.41, 5.74) is 0.542. The standard InChI is InChI=1S/C26H21FN2O6S.C19H13BrFN3O5S.C7H10O.2H3P/c1-26(15-34-16-26)9-7-17-12-24(33-2)23(13-21(17)27)29-22-5-4-20(11-18(22)3-6-25(29)30)36(31,32)14-19-8-10-35-28-19;1-28-17-9-13(20)14(21)10-16(17)24-15-4-3-12(8-11(15)2-5-19(24)25)30(26,27)23-18-6-7-29-22-18;1-3-4-7(2)5-8-6-7;;/h3-6,8,10-13H,14-16H2,1-2H3;2-10H,1H3,(H,22,23);5-6H2,1-2H3;2*1H3. The van der Waals surface area contributed by atoms with E-state index in [-0.39, 0.29) is 90.6 Å². The number of nitrogens with zero attached hydrogens (tertiary/aromatic N) is 4. The van der Waals surface area contributed by atoms with Crippen molar-refractivity contribution in [1.29, 1.82) is 0 Å². The zero-order chi connectivity index (χ0) is 53.0. The third-order valence-corrected chi connectivity index (χ3v) is 15.1. The van der Waals surface area contributed by atoms with E-state index in [1.54, 1.807) is 0 Å². The highest BCUT2D eigenvalue weighted by molar-refractivity contribution is 9.10. The highest BCUT2D eigenvalue weighted by atomic mass is 79.9. The van der Waals surface area contributed by atoms with Gasteiger partial charge in [0, 0.05) is 53.2 Å². The molecule has 2 saturated heterocycles. The Morgan fingerprint density at radius 3 is 1.71 bits per heavy atom. The summed E-state index contributed by atoms with van der Waals surface area (Å²) >= 11 is 3.09. The summed E-state index contributed by atoms with van der Waals surface area (Å²) in [7, 11) is -4.84. The molecule has 0 radical (unpaired) electrons. The molecule has 1 N–H and O–H groups in total. The van der Waals surface area contributed by atoms with Crippen molar-refractivity contribution in [2.75, 3.05) is 45.4 Å². The fraction of sp³-hybridized carbons (Fsp3) is 0.231. The van der Waals surface area contributed by atoms with Gasteiger partial charge in [0.25, 0.3) is 21.1 Å². The van der Waals surface area contributed by atoms with Crippen LogP contribution in [0.15, 0.2) is 142 Å². The third kappa shape index (κ3) is 12.9. The molecule has 2 aliphatic heterocycles. The first kappa shape index (κ1) is 58.5. The lowest BCUT2D eigenvalue weighted by Crippen LogP contribution is -2.38. The van der Waals surface area contributed by atoms with Gasteiger partial charge in [-0.1, -0.05) is 28.1 Å². The molecule has 0 saturated carbocycles. The molecular formula is C52H50BrF2N5O12P2S2. The Balaban J connectivity index is 0.000000212. The molecule has 17 nitrogen and oxygen atoms in total.